The van der Waals surface area contributed by atoms with Gasteiger partial charge in [-0.2, -0.15) is 9.57 Å². The van der Waals surface area contributed by atoms with Gasteiger partial charge < -0.3 is 10.2 Å². The predicted octanol–water partition coefficient (Wildman–Crippen LogP) is 1.86. The quantitative estimate of drug-likeness (QED) is 0.702. The number of hydrogen-bond acceptors (Lipinski definition) is 6. The molecular weight excluding hydrogens is 443 g/mol. The van der Waals surface area contributed by atoms with Crippen LogP contribution in [0.2, 0.25) is 0 Å². The molecule has 0 radical (unpaired) electrons. The number of hydrogen-bond donors (Lipinski definition) is 1. The van der Waals surface area contributed by atoms with Crippen LogP contribution in [0.1, 0.15) is 5.56 Å². The number of nitriles is 1. The van der Waals surface area contributed by atoms with Gasteiger partial charge in [-0.25, -0.2) is 12.8 Å². The van der Waals surface area contributed by atoms with E-state index in [9.17, 15) is 22.4 Å². The Morgan fingerprint density at radius 2 is 1.87 bits per heavy atom. The number of halogens is 1. The number of likely N-dealkylation sites (N-methyl/N-ethyl adjacent to an activating group) is 1. The van der Waals surface area contributed by atoms with E-state index >= 15 is 0 Å². The van der Waals surface area contributed by atoms with Gasteiger partial charge in [0.25, 0.3) is 0 Å². The lowest BCUT2D eigenvalue weighted by molar-refractivity contribution is -0.136. The molecular formula is C20H19FN4O4S2. The molecule has 1 heterocycles. The van der Waals surface area contributed by atoms with Crippen molar-refractivity contribution < 1.29 is 22.4 Å². The highest BCUT2D eigenvalue weighted by molar-refractivity contribution is 7.99. The fourth-order valence-corrected chi connectivity index (χ4v) is 5.21. The number of amides is 2. The number of rotatable bonds is 6. The number of anilines is 1. The first kappa shape index (κ1) is 22.7. The summed E-state index contributed by atoms with van der Waals surface area (Å²) in [6.45, 7) is -0.457. The third-order valence-electron chi connectivity index (χ3n) is 4.67. The number of benzene rings is 2. The summed E-state index contributed by atoms with van der Waals surface area (Å²) in [5.74, 6) is -0.843. The van der Waals surface area contributed by atoms with Crippen LogP contribution in [0.5, 0.6) is 0 Å². The molecule has 2 aromatic carbocycles. The van der Waals surface area contributed by atoms with Crippen molar-refractivity contribution in [1.82, 2.24) is 9.21 Å². The van der Waals surface area contributed by atoms with Crippen LogP contribution < -0.4 is 5.32 Å². The third-order valence-corrected chi connectivity index (χ3v) is 7.50. The molecule has 2 aromatic rings. The molecule has 1 atom stereocenters. The topological polar surface area (TPSA) is 111 Å². The Labute approximate surface area is 183 Å². The fraction of sp³-hybridized carbons (Fsp3) is 0.250. The number of sulfonamides is 1. The van der Waals surface area contributed by atoms with Crippen LogP contribution in [-0.2, 0) is 19.6 Å². The van der Waals surface area contributed by atoms with Crippen molar-refractivity contribution in [2.75, 3.05) is 30.5 Å². The first-order valence-corrected chi connectivity index (χ1v) is 11.7. The van der Waals surface area contributed by atoms with Gasteiger partial charge in [-0.15, -0.1) is 11.8 Å². The lowest BCUT2D eigenvalue weighted by atomic mass is 10.2. The molecule has 11 heteroatoms. The molecule has 31 heavy (non-hydrogen) atoms. The number of nitrogens with zero attached hydrogens (tertiary/aromatic N) is 3. The summed E-state index contributed by atoms with van der Waals surface area (Å²) in [7, 11) is -2.73. The van der Waals surface area contributed by atoms with Crippen LogP contribution in [0, 0.1) is 17.1 Å². The van der Waals surface area contributed by atoms with E-state index in [1.165, 1.54) is 23.7 Å². The first-order valence-electron chi connectivity index (χ1n) is 9.12. The molecule has 1 saturated heterocycles. The van der Waals surface area contributed by atoms with Gasteiger partial charge in [0.15, 0.2) is 0 Å². The molecule has 2 amide bonds. The third kappa shape index (κ3) is 5.22. The second-order valence-electron chi connectivity index (χ2n) is 6.77. The van der Waals surface area contributed by atoms with Gasteiger partial charge in [0.1, 0.15) is 11.9 Å². The zero-order valence-electron chi connectivity index (χ0n) is 16.5. The Hall–Kier alpha value is -2.94. The minimum absolute atomic E-state index is 0.130. The lowest BCUT2D eigenvalue weighted by Crippen LogP contribution is -2.48. The number of nitrogens with one attached hydrogen (secondary N) is 1. The van der Waals surface area contributed by atoms with E-state index in [-0.39, 0.29) is 10.8 Å². The van der Waals surface area contributed by atoms with Crippen LogP contribution in [-0.4, -0.2) is 60.7 Å². The molecule has 1 fully saturated rings. The molecule has 8 nitrogen and oxygen atoms in total. The van der Waals surface area contributed by atoms with Crippen LogP contribution in [0.15, 0.2) is 53.4 Å². The summed E-state index contributed by atoms with van der Waals surface area (Å²) >= 11 is 1.39. The van der Waals surface area contributed by atoms with E-state index in [2.05, 4.69) is 5.32 Å². The van der Waals surface area contributed by atoms with Gasteiger partial charge in [-0.05, 0) is 48.5 Å². The Bertz CT molecular complexity index is 1120. The SMILES string of the molecule is CN(CC(=O)N1CSC[C@H]1C(=O)Nc1ccc(C#N)cc1)S(=O)(=O)c1ccc(F)cc1. The zero-order valence-corrected chi connectivity index (χ0v) is 18.1. The molecule has 0 saturated carbocycles. The largest absolute Gasteiger partial charge is 0.324 e. The highest BCUT2D eigenvalue weighted by Crippen LogP contribution is 2.23. The van der Waals surface area contributed by atoms with E-state index in [0.29, 0.717) is 17.0 Å². The molecule has 162 valence electrons. The highest BCUT2D eigenvalue weighted by Gasteiger charge is 2.36. The highest BCUT2D eigenvalue weighted by atomic mass is 32.2. The maximum Gasteiger partial charge on any atom is 0.248 e. The van der Waals surface area contributed by atoms with Crippen molar-refractivity contribution in [3.8, 4) is 6.07 Å². The van der Waals surface area contributed by atoms with Crippen molar-refractivity contribution in [1.29, 1.82) is 5.26 Å². The maximum absolute atomic E-state index is 13.1. The summed E-state index contributed by atoms with van der Waals surface area (Å²) in [4.78, 5) is 26.6. The molecule has 0 aromatic heterocycles. The number of carbonyl (C=O) groups is 2. The summed E-state index contributed by atoms with van der Waals surface area (Å²) in [6, 6.07) is 11.9. The molecule has 1 aliphatic rings. The summed E-state index contributed by atoms with van der Waals surface area (Å²) in [5, 5.41) is 11.6. The minimum atomic E-state index is -3.99. The molecule has 0 unspecified atom stereocenters. The standard InChI is InChI=1S/C20H19FN4O4S2/c1-24(31(28,29)17-8-4-15(21)5-9-17)11-19(26)25-13-30-12-18(25)20(27)23-16-6-2-14(10-22)3-7-16/h2-9,18H,11-13H2,1H3,(H,23,27)/t18-/m0/s1. The molecule has 3 rings (SSSR count). The van der Waals surface area contributed by atoms with Crippen LogP contribution in [0.4, 0.5) is 10.1 Å². The van der Waals surface area contributed by atoms with E-state index in [4.69, 9.17) is 5.26 Å². The molecule has 0 aliphatic carbocycles. The van der Waals surface area contributed by atoms with Crippen molar-refractivity contribution in [2.45, 2.75) is 10.9 Å². The molecule has 0 spiro atoms. The average molecular weight is 463 g/mol. The van der Waals surface area contributed by atoms with Gasteiger partial charge in [-0.1, -0.05) is 0 Å². The average Bonchev–Trinajstić information content (AvgIpc) is 3.25. The van der Waals surface area contributed by atoms with Gasteiger partial charge in [0.2, 0.25) is 21.8 Å². The van der Waals surface area contributed by atoms with E-state index < -0.39 is 40.2 Å². The van der Waals surface area contributed by atoms with Crippen molar-refractivity contribution in [3.63, 3.8) is 0 Å². The summed E-state index contributed by atoms with van der Waals surface area (Å²) in [6.07, 6.45) is 0. The Morgan fingerprint density at radius 1 is 1.23 bits per heavy atom. The number of carbonyl (C=O) groups excluding carboxylic acids is 2. The van der Waals surface area contributed by atoms with E-state index in [1.54, 1.807) is 24.3 Å². The molecule has 0 bridgehead atoms. The normalized spacial score (nSPS) is 16.2. The number of thioether (sulfide) groups is 1. The lowest BCUT2D eigenvalue weighted by Gasteiger charge is -2.25. The summed E-state index contributed by atoms with van der Waals surface area (Å²) < 4.78 is 39.2. The van der Waals surface area contributed by atoms with Crippen molar-refractivity contribution in [2.24, 2.45) is 0 Å². The first-order chi connectivity index (χ1) is 14.7. The second kappa shape index (κ2) is 9.47. The van der Waals surface area contributed by atoms with Crippen LogP contribution in [0.3, 0.4) is 0 Å². The van der Waals surface area contributed by atoms with Gasteiger partial charge >= 0.3 is 0 Å². The van der Waals surface area contributed by atoms with Crippen LogP contribution >= 0.6 is 11.8 Å². The van der Waals surface area contributed by atoms with Crippen LogP contribution in [0.25, 0.3) is 0 Å². The minimum Gasteiger partial charge on any atom is -0.324 e. The smallest absolute Gasteiger partial charge is 0.248 e. The van der Waals surface area contributed by atoms with E-state index in [0.717, 1.165) is 28.6 Å². The van der Waals surface area contributed by atoms with Crippen molar-refractivity contribution >= 4 is 39.3 Å². The Balaban J connectivity index is 1.66. The maximum atomic E-state index is 13.1. The predicted molar refractivity (Wildman–Crippen MR) is 114 cm³/mol. The second-order valence-corrected chi connectivity index (χ2v) is 9.82. The Kier molecular flexibility index (Phi) is 6.94. The van der Waals surface area contributed by atoms with Gasteiger partial charge in [0, 0.05) is 18.5 Å². The monoisotopic (exact) mass is 462 g/mol. The zero-order chi connectivity index (χ0) is 22.6. The van der Waals surface area contributed by atoms with E-state index in [1.807, 2.05) is 6.07 Å². The van der Waals surface area contributed by atoms with Gasteiger partial charge in [-0.3, -0.25) is 9.59 Å². The molecule has 1 aliphatic heterocycles. The van der Waals surface area contributed by atoms with Gasteiger partial charge in [0.05, 0.1) is 28.9 Å². The fourth-order valence-electron chi connectivity index (χ4n) is 2.91. The van der Waals surface area contributed by atoms with Crippen molar-refractivity contribution in [3.05, 3.63) is 59.9 Å². The summed E-state index contributed by atoms with van der Waals surface area (Å²) in [5.41, 5.74) is 0.945. The molecule has 1 N–H and O–H groups in total. The Morgan fingerprint density at radius 3 is 2.48 bits per heavy atom.